The summed E-state index contributed by atoms with van der Waals surface area (Å²) in [6, 6.07) is 13.2. The van der Waals surface area contributed by atoms with Crippen LogP contribution in [0.25, 0.3) is 0 Å². The number of carbonyl (C=O) groups is 3. The molecular weight excluding hydrogens is 362 g/mol. The summed E-state index contributed by atoms with van der Waals surface area (Å²) in [7, 11) is 0. The maximum atomic E-state index is 11.5. The van der Waals surface area contributed by atoms with Gasteiger partial charge in [0.05, 0.1) is 12.2 Å². The summed E-state index contributed by atoms with van der Waals surface area (Å²) >= 11 is 0. The molecule has 146 valence electrons. The van der Waals surface area contributed by atoms with Crippen LogP contribution in [0.5, 0.6) is 5.75 Å². The van der Waals surface area contributed by atoms with Gasteiger partial charge in [0, 0.05) is 6.54 Å². The zero-order valence-corrected chi connectivity index (χ0v) is 15.3. The van der Waals surface area contributed by atoms with E-state index in [0.717, 1.165) is 12.0 Å². The molecule has 0 unspecified atom stereocenters. The van der Waals surface area contributed by atoms with E-state index < -0.39 is 17.8 Å². The molecule has 2 N–H and O–H groups in total. The predicted molar refractivity (Wildman–Crippen MR) is 101 cm³/mol. The quantitative estimate of drug-likeness (QED) is 0.394. The highest BCUT2D eigenvalue weighted by molar-refractivity contribution is 6.35. The average molecular weight is 382 g/mol. The zero-order chi connectivity index (χ0) is 20.4. The first-order valence-electron chi connectivity index (χ1n) is 8.64. The van der Waals surface area contributed by atoms with E-state index in [4.69, 9.17) is 4.74 Å². The van der Waals surface area contributed by atoms with E-state index in [1.807, 2.05) is 6.92 Å². The van der Waals surface area contributed by atoms with Crippen LogP contribution in [0.15, 0.2) is 53.6 Å². The van der Waals surface area contributed by atoms with Crippen LogP contribution in [0.3, 0.4) is 0 Å². The fourth-order valence-electron chi connectivity index (χ4n) is 2.12. The molecule has 0 saturated carbocycles. The smallest absolute Gasteiger partial charge is 0.329 e. The molecule has 0 aromatic heterocycles. The van der Waals surface area contributed by atoms with Gasteiger partial charge < -0.3 is 20.0 Å². The maximum absolute atomic E-state index is 11.5. The predicted octanol–water partition coefficient (Wildman–Crippen LogP) is 0.605. The number of carboxylic acids is 1. The molecular formula is C20H20N3O5-. The molecule has 2 amide bonds. The number of hydrazone groups is 1. The fraction of sp³-hybridized carbons (Fsp3) is 0.200. The minimum atomic E-state index is -1.23. The summed E-state index contributed by atoms with van der Waals surface area (Å²) < 4.78 is 5.67. The number of ether oxygens (including phenoxy) is 1. The van der Waals surface area contributed by atoms with Crippen molar-refractivity contribution in [2.24, 2.45) is 5.10 Å². The van der Waals surface area contributed by atoms with Gasteiger partial charge in [-0.25, -0.2) is 5.43 Å². The third-order valence-electron chi connectivity index (χ3n) is 3.57. The lowest BCUT2D eigenvalue weighted by Gasteiger charge is -2.08. The minimum absolute atomic E-state index is 0.104. The molecule has 0 heterocycles. The number of carbonyl (C=O) groups excluding carboxylic acids is 3. The fourth-order valence-corrected chi connectivity index (χ4v) is 2.12. The number of hydrogen-bond acceptors (Lipinski definition) is 6. The molecule has 2 aromatic rings. The van der Waals surface area contributed by atoms with E-state index >= 15 is 0 Å². The Morgan fingerprint density at radius 3 is 2.54 bits per heavy atom. The van der Waals surface area contributed by atoms with Crippen molar-refractivity contribution in [2.45, 2.75) is 20.0 Å². The Bertz CT molecular complexity index is 862. The number of nitrogens with zero attached hydrogens (tertiary/aromatic N) is 1. The number of hydrogen-bond donors (Lipinski definition) is 2. The Morgan fingerprint density at radius 1 is 1.11 bits per heavy atom. The van der Waals surface area contributed by atoms with E-state index in [1.54, 1.807) is 36.4 Å². The van der Waals surface area contributed by atoms with Crippen molar-refractivity contribution in [1.82, 2.24) is 10.7 Å². The summed E-state index contributed by atoms with van der Waals surface area (Å²) in [6.45, 7) is 2.56. The van der Waals surface area contributed by atoms with Gasteiger partial charge >= 0.3 is 11.8 Å². The molecule has 8 nitrogen and oxygen atoms in total. The van der Waals surface area contributed by atoms with Crippen LogP contribution in [-0.4, -0.2) is 30.5 Å². The van der Waals surface area contributed by atoms with Gasteiger partial charge in [-0.1, -0.05) is 43.3 Å². The zero-order valence-electron chi connectivity index (χ0n) is 15.3. The molecule has 0 aliphatic rings. The molecule has 0 atom stereocenters. The van der Waals surface area contributed by atoms with Gasteiger partial charge in [-0.2, -0.15) is 5.10 Å². The Hall–Kier alpha value is -3.68. The molecule has 0 fully saturated rings. The summed E-state index contributed by atoms with van der Waals surface area (Å²) in [6.07, 6.45) is 2.13. The van der Waals surface area contributed by atoms with Crippen LogP contribution in [0.4, 0.5) is 0 Å². The molecule has 0 radical (unpaired) electrons. The Labute approximate surface area is 162 Å². The second-order valence-corrected chi connectivity index (χ2v) is 5.80. The molecule has 0 spiro atoms. The van der Waals surface area contributed by atoms with Gasteiger partial charge in [0.15, 0.2) is 0 Å². The van der Waals surface area contributed by atoms with Crippen molar-refractivity contribution >= 4 is 24.0 Å². The standard InChI is InChI=1S/C20H21N3O5/c1-2-10-21-18(24)19(25)23-22-12-15-4-3-5-17(11-15)28-13-14-6-8-16(9-7-14)20(26)27/h3-9,11-12H,2,10,13H2,1H3,(H,21,24)(H,23,25)(H,26,27)/p-1/b22-12-. The number of carboxylic acid groups (broad SMARTS) is 1. The minimum Gasteiger partial charge on any atom is -0.545 e. The van der Waals surface area contributed by atoms with Crippen molar-refractivity contribution in [3.63, 3.8) is 0 Å². The third-order valence-corrected chi connectivity index (χ3v) is 3.57. The van der Waals surface area contributed by atoms with Crippen molar-refractivity contribution in [3.05, 3.63) is 65.2 Å². The molecule has 2 rings (SSSR count). The molecule has 0 aliphatic carbocycles. The lowest BCUT2D eigenvalue weighted by molar-refractivity contribution is -0.255. The Balaban J connectivity index is 1.88. The number of amides is 2. The molecule has 0 bridgehead atoms. The van der Waals surface area contributed by atoms with Gasteiger partial charge in [-0.15, -0.1) is 0 Å². The summed E-state index contributed by atoms with van der Waals surface area (Å²) in [5.41, 5.74) is 3.73. The summed E-state index contributed by atoms with van der Waals surface area (Å²) in [4.78, 5) is 33.7. The number of rotatable bonds is 8. The van der Waals surface area contributed by atoms with E-state index in [1.165, 1.54) is 18.3 Å². The van der Waals surface area contributed by atoms with Gasteiger partial charge in [-0.05, 0) is 35.2 Å². The van der Waals surface area contributed by atoms with Crippen LogP contribution < -0.4 is 20.6 Å². The lowest BCUT2D eigenvalue weighted by atomic mass is 10.1. The number of nitrogens with one attached hydrogen (secondary N) is 2. The normalized spacial score (nSPS) is 10.5. The van der Waals surface area contributed by atoms with Crippen LogP contribution in [0.1, 0.15) is 34.8 Å². The second kappa shape index (κ2) is 10.5. The van der Waals surface area contributed by atoms with E-state index in [2.05, 4.69) is 15.8 Å². The topological polar surface area (TPSA) is 120 Å². The van der Waals surface area contributed by atoms with Gasteiger partial charge in [-0.3, -0.25) is 9.59 Å². The van der Waals surface area contributed by atoms with Gasteiger partial charge in [0.1, 0.15) is 12.4 Å². The van der Waals surface area contributed by atoms with Crippen LogP contribution in [-0.2, 0) is 16.2 Å². The first-order chi connectivity index (χ1) is 13.5. The third kappa shape index (κ3) is 6.56. The van der Waals surface area contributed by atoms with E-state index in [0.29, 0.717) is 17.9 Å². The molecule has 2 aromatic carbocycles. The van der Waals surface area contributed by atoms with Crippen LogP contribution in [0.2, 0.25) is 0 Å². The highest BCUT2D eigenvalue weighted by atomic mass is 16.5. The van der Waals surface area contributed by atoms with Crippen molar-refractivity contribution < 1.29 is 24.2 Å². The lowest BCUT2D eigenvalue weighted by Crippen LogP contribution is -2.38. The van der Waals surface area contributed by atoms with Crippen LogP contribution >= 0.6 is 0 Å². The molecule has 28 heavy (non-hydrogen) atoms. The SMILES string of the molecule is CCCNC(=O)C(=O)N/N=C\c1cccc(OCc2ccc(C(=O)[O-])cc2)c1. The first kappa shape index (κ1) is 20.6. The van der Waals surface area contributed by atoms with Crippen molar-refractivity contribution in [3.8, 4) is 5.75 Å². The van der Waals surface area contributed by atoms with E-state index in [9.17, 15) is 19.5 Å². The number of benzene rings is 2. The highest BCUT2D eigenvalue weighted by Crippen LogP contribution is 2.14. The van der Waals surface area contributed by atoms with Gasteiger partial charge in [0.25, 0.3) is 0 Å². The highest BCUT2D eigenvalue weighted by Gasteiger charge is 2.10. The maximum Gasteiger partial charge on any atom is 0.329 e. The second-order valence-electron chi connectivity index (χ2n) is 5.80. The average Bonchev–Trinajstić information content (AvgIpc) is 2.71. The Kier molecular flexibility index (Phi) is 7.71. The first-order valence-corrected chi connectivity index (χ1v) is 8.64. The van der Waals surface area contributed by atoms with E-state index in [-0.39, 0.29) is 12.2 Å². The number of aromatic carboxylic acids is 1. The van der Waals surface area contributed by atoms with Crippen molar-refractivity contribution in [2.75, 3.05) is 6.54 Å². The largest absolute Gasteiger partial charge is 0.545 e. The summed E-state index contributed by atoms with van der Waals surface area (Å²) in [5, 5.41) is 16.9. The van der Waals surface area contributed by atoms with Crippen molar-refractivity contribution in [1.29, 1.82) is 0 Å². The van der Waals surface area contributed by atoms with Gasteiger partial charge in [0.2, 0.25) is 0 Å². The summed E-state index contributed by atoms with van der Waals surface area (Å²) in [5.74, 6) is -2.23. The molecule has 8 heteroatoms. The molecule has 0 aliphatic heterocycles. The Morgan fingerprint density at radius 2 is 1.86 bits per heavy atom. The molecule has 0 saturated heterocycles. The monoisotopic (exact) mass is 382 g/mol. The van der Waals surface area contributed by atoms with Crippen LogP contribution in [0, 0.1) is 0 Å².